The van der Waals surface area contributed by atoms with Crippen LogP contribution in [0.15, 0.2) is 24.3 Å². The molecule has 2 unspecified atom stereocenters. The van der Waals surface area contributed by atoms with Gasteiger partial charge in [-0.15, -0.1) is 0 Å². The number of hydrogen-bond donors (Lipinski definition) is 2. The Balaban J connectivity index is 1.42. The van der Waals surface area contributed by atoms with Crippen molar-refractivity contribution in [3.05, 3.63) is 29.8 Å². The Morgan fingerprint density at radius 3 is 2.48 bits per heavy atom. The number of amides is 1. The van der Waals surface area contributed by atoms with Crippen LogP contribution in [-0.2, 0) is 11.3 Å². The van der Waals surface area contributed by atoms with E-state index in [2.05, 4.69) is 10.2 Å². The van der Waals surface area contributed by atoms with Crippen LogP contribution in [0.1, 0.15) is 31.2 Å². The third-order valence-corrected chi connectivity index (χ3v) is 4.93. The zero-order chi connectivity index (χ0) is 14.7. The number of hydrogen-bond acceptors (Lipinski definition) is 3. The summed E-state index contributed by atoms with van der Waals surface area (Å²) in [7, 11) is 0. The molecule has 1 amide bonds. The number of carbonyl (C=O) groups is 1. The number of fused-ring (bicyclic) bond motifs is 1. The molecule has 2 aliphatic rings. The van der Waals surface area contributed by atoms with Gasteiger partial charge in [0.2, 0.25) is 5.91 Å². The van der Waals surface area contributed by atoms with Crippen molar-refractivity contribution in [1.29, 1.82) is 0 Å². The van der Waals surface area contributed by atoms with E-state index in [1.54, 1.807) is 0 Å². The Hall–Kier alpha value is -1.39. The molecule has 1 aliphatic carbocycles. The molecule has 0 aromatic heterocycles. The lowest BCUT2D eigenvalue weighted by molar-refractivity contribution is -0.116. The van der Waals surface area contributed by atoms with Gasteiger partial charge in [0.1, 0.15) is 0 Å². The maximum atomic E-state index is 12.0. The van der Waals surface area contributed by atoms with Gasteiger partial charge >= 0.3 is 0 Å². The van der Waals surface area contributed by atoms with E-state index in [0.29, 0.717) is 13.0 Å². The van der Waals surface area contributed by atoms with E-state index in [-0.39, 0.29) is 5.91 Å². The molecule has 1 aromatic carbocycles. The molecule has 3 rings (SSSR count). The number of benzene rings is 1. The molecule has 2 fully saturated rings. The maximum Gasteiger partial charge on any atom is 0.225 e. The SMILES string of the molecule is NCc1ccc(NC(=O)CCN2CC3CCCC3C2)cc1. The number of anilines is 1. The van der Waals surface area contributed by atoms with Gasteiger partial charge in [-0.2, -0.15) is 0 Å². The Morgan fingerprint density at radius 2 is 1.86 bits per heavy atom. The van der Waals surface area contributed by atoms with Gasteiger partial charge < -0.3 is 16.0 Å². The summed E-state index contributed by atoms with van der Waals surface area (Å²) in [5.41, 5.74) is 7.50. The minimum Gasteiger partial charge on any atom is -0.326 e. The minimum atomic E-state index is 0.104. The van der Waals surface area contributed by atoms with Gasteiger partial charge in [-0.1, -0.05) is 18.6 Å². The monoisotopic (exact) mass is 287 g/mol. The normalized spacial score (nSPS) is 25.0. The van der Waals surface area contributed by atoms with E-state index < -0.39 is 0 Å². The van der Waals surface area contributed by atoms with Crippen molar-refractivity contribution in [1.82, 2.24) is 4.90 Å². The molecule has 21 heavy (non-hydrogen) atoms. The third-order valence-electron chi connectivity index (χ3n) is 4.93. The summed E-state index contributed by atoms with van der Waals surface area (Å²) >= 11 is 0. The Kier molecular flexibility index (Phi) is 4.56. The van der Waals surface area contributed by atoms with Crippen molar-refractivity contribution in [2.24, 2.45) is 17.6 Å². The summed E-state index contributed by atoms with van der Waals surface area (Å²) < 4.78 is 0. The Labute approximate surface area is 126 Å². The van der Waals surface area contributed by atoms with Gasteiger partial charge in [-0.3, -0.25) is 4.79 Å². The van der Waals surface area contributed by atoms with Crippen LogP contribution >= 0.6 is 0 Å². The third kappa shape index (κ3) is 3.63. The molecule has 0 bridgehead atoms. The summed E-state index contributed by atoms with van der Waals surface area (Å²) in [6.45, 7) is 3.82. The first-order chi connectivity index (χ1) is 10.2. The zero-order valence-corrected chi connectivity index (χ0v) is 12.6. The molecule has 1 aliphatic heterocycles. The highest BCUT2D eigenvalue weighted by Crippen LogP contribution is 2.37. The van der Waals surface area contributed by atoms with Crippen molar-refractivity contribution in [2.45, 2.75) is 32.2 Å². The quantitative estimate of drug-likeness (QED) is 0.873. The summed E-state index contributed by atoms with van der Waals surface area (Å²) in [4.78, 5) is 14.5. The highest BCUT2D eigenvalue weighted by Gasteiger charge is 2.35. The summed E-state index contributed by atoms with van der Waals surface area (Å²) in [6, 6.07) is 7.75. The molecule has 1 aromatic rings. The number of nitrogens with zero attached hydrogens (tertiary/aromatic N) is 1. The van der Waals surface area contributed by atoms with Gasteiger partial charge in [0.25, 0.3) is 0 Å². The lowest BCUT2D eigenvalue weighted by atomic mass is 10.0. The van der Waals surface area contributed by atoms with Crippen molar-refractivity contribution >= 4 is 11.6 Å². The standard InChI is InChI=1S/C17H25N3O/c18-10-13-4-6-16(7-5-13)19-17(21)8-9-20-11-14-2-1-3-15(14)12-20/h4-7,14-15H,1-3,8-12,18H2,(H,19,21). The molecule has 0 radical (unpaired) electrons. The number of rotatable bonds is 5. The smallest absolute Gasteiger partial charge is 0.225 e. The van der Waals surface area contributed by atoms with Gasteiger partial charge in [0.05, 0.1) is 0 Å². The van der Waals surface area contributed by atoms with E-state index in [0.717, 1.165) is 29.6 Å². The van der Waals surface area contributed by atoms with Gasteiger partial charge in [0.15, 0.2) is 0 Å². The molecule has 0 spiro atoms. The van der Waals surface area contributed by atoms with Crippen molar-refractivity contribution < 1.29 is 4.79 Å². The van der Waals surface area contributed by atoms with Crippen LogP contribution in [0, 0.1) is 11.8 Å². The van der Waals surface area contributed by atoms with Crippen molar-refractivity contribution in [3.63, 3.8) is 0 Å². The Bertz CT molecular complexity index is 473. The van der Waals surface area contributed by atoms with Crippen molar-refractivity contribution in [2.75, 3.05) is 25.0 Å². The van der Waals surface area contributed by atoms with Crippen LogP contribution in [0.25, 0.3) is 0 Å². The van der Waals surface area contributed by atoms with Gasteiger partial charge in [-0.25, -0.2) is 0 Å². The highest BCUT2D eigenvalue weighted by atomic mass is 16.1. The minimum absolute atomic E-state index is 0.104. The molecule has 1 heterocycles. The molecule has 3 N–H and O–H groups in total. The first kappa shape index (κ1) is 14.5. The molecular formula is C17H25N3O. The number of nitrogens with one attached hydrogen (secondary N) is 1. The average molecular weight is 287 g/mol. The van der Waals surface area contributed by atoms with E-state index in [9.17, 15) is 4.79 Å². The molecule has 1 saturated carbocycles. The summed E-state index contributed by atoms with van der Waals surface area (Å²) in [6.07, 6.45) is 4.77. The van der Waals surface area contributed by atoms with E-state index in [1.807, 2.05) is 24.3 Å². The first-order valence-corrected chi connectivity index (χ1v) is 8.06. The fourth-order valence-electron chi connectivity index (χ4n) is 3.72. The second-order valence-corrected chi connectivity index (χ2v) is 6.41. The van der Waals surface area contributed by atoms with Crippen LogP contribution in [-0.4, -0.2) is 30.4 Å². The lowest BCUT2D eigenvalue weighted by Crippen LogP contribution is -2.26. The first-order valence-electron chi connectivity index (χ1n) is 8.06. The van der Waals surface area contributed by atoms with Crippen LogP contribution < -0.4 is 11.1 Å². The predicted molar refractivity (Wildman–Crippen MR) is 84.9 cm³/mol. The second-order valence-electron chi connectivity index (χ2n) is 6.41. The number of nitrogens with two attached hydrogens (primary N) is 1. The predicted octanol–water partition coefficient (Wildman–Crippen LogP) is 2.21. The summed E-state index contributed by atoms with van der Waals surface area (Å²) in [5, 5.41) is 2.96. The molecular weight excluding hydrogens is 262 g/mol. The average Bonchev–Trinajstić information content (AvgIpc) is 3.07. The maximum absolute atomic E-state index is 12.0. The number of carbonyl (C=O) groups excluding carboxylic acids is 1. The fraction of sp³-hybridized carbons (Fsp3) is 0.588. The molecule has 2 atom stereocenters. The molecule has 114 valence electrons. The zero-order valence-electron chi connectivity index (χ0n) is 12.6. The highest BCUT2D eigenvalue weighted by molar-refractivity contribution is 5.90. The van der Waals surface area contributed by atoms with E-state index in [1.165, 1.54) is 32.4 Å². The molecule has 1 saturated heterocycles. The second kappa shape index (κ2) is 6.58. The lowest BCUT2D eigenvalue weighted by Gasteiger charge is -2.16. The van der Waals surface area contributed by atoms with Crippen LogP contribution in [0.2, 0.25) is 0 Å². The van der Waals surface area contributed by atoms with Crippen molar-refractivity contribution in [3.8, 4) is 0 Å². The summed E-state index contributed by atoms with van der Waals surface area (Å²) in [5.74, 6) is 1.90. The van der Waals surface area contributed by atoms with Crippen LogP contribution in [0.4, 0.5) is 5.69 Å². The van der Waals surface area contributed by atoms with Gasteiger partial charge in [0, 0.05) is 38.3 Å². The largest absolute Gasteiger partial charge is 0.326 e. The van der Waals surface area contributed by atoms with Crippen LogP contribution in [0.5, 0.6) is 0 Å². The molecule has 4 nitrogen and oxygen atoms in total. The van der Waals surface area contributed by atoms with E-state index in [4.69, 9.17) is 5.73 Å². The van der Waals surface area contributed by atoms with Gasteiger partial charge in [-0.05, 0) is 42.4 Å². The molecule has 4 heteroatoms. The van der Waals surface area contributed by atoms with E-state index >= 15 is 0 Å². The Morgan fingerprint density at radius 1 is 1.19 bits per heavy atom. The van der Waals surface area contributed by atoms with Crippen LogP contribution in [0.3, 0.4) is 0 Å². The number of likely N-dealkylation sites (tertiary alicyclic amines) is 1. The topological polar surface area (TPSA) is 58.4 Å². The fourth-order valence-corrected chi connectivity index (χ4v) is 3.72.